The largest absolute Gasteiger partial charge is 0.477 e. The van der Waals surface area contributed by atoms with Crippen molar-refractivity contribution < 1.29 is 19.0 Å². The smallest absolute Gasteiger partial charge is 0.354 e. The minimum atomic E-state index is -1.12. The lowest BCUT2D eigenvalue weighted by Crippen LogP contribution is -1.99. The fourth-order valence-electron chi connectivity index (χ4n) is 1.39. The Hall–Kier alpha value is -2.43. The topological polar surface area (TPSA) is 59.4 Å². The number of halogens is 1. The van der Waals surface area contributed by atoms with Gasteiger partial charge in [0.15, 0.2) is 11.6 Å². The maximum atomic E-state index is 13.7. The quantitative estimate of drug-likeness (QED) is 0.905. The predicted octanol–water partition coefficient (Wildman–Crippen LogP) is 3.02. The number of aromatic nitrogens is 1. The van der Waals surface area contributed by atoms with Crippen molar-refractivity contribution in [1.29, 1.82) is 0 Å². The van der Waals surface area contributed by atoms with Crippen molar-refractivity contribution in [3.05, 3.63) is 53.6 Å². The molecule has 5 heteroatoms. The maximum Gasteiger partial charge on any atom is 0.354 e. The van der Waals surface area contributed by atoms with Gasteiger partial charge in [-0.2, -0.15) is 0 Å². The van der Waals surface area contributed by atoms with E-state index in [0.29, 0.717) is 5.56 Å². The Morgan fingerprint density at radius 1 is 1.33 bits per heavy atom. The molecule has 92 valence electrons. The Bertz CT molecular complexity index is 581. The molecule has 0 radical (unpaired) electrons. The van der Waals surface area contributed by atoms with Crippen LogP contribution in [0.15, 0.2) is 36.5 Å². The molecule has 0 aliphatic rings. The molecule has 1 aromatic carbocycles. The third-order valence-electron chi connectivity index (χ3n) is 2.34. The van der Waals surface area contributed by atoms with Crippen molar-refractivity contribution in [3.63, 3.8) is 0 Å². The van der Waals surface area contributed by atoms with Gasteiger partial charge in [-0.1, -0.05) is 12.1 Å². The molecule has 2 rings (SSSR count). The molecule has 4 nitrogen and oxygen atoms in total. The number of hydrogen-bond donors (Lipinski definition) is 1. The van der Waals surface area contributed by atoms with Crippen molar-refractivity contribution >= 4 is 5.97 Å². The van der Waals surface area contributed by atoms with Gasteiger partial charge < -0.3 is 9.84 Å². The zero-order valence-electron chi connectivity index (χ0n) is 9.55. The molecule has 1 N–H and O–H groups in total. The average molecular weight is 247 g/mol. The van der Waals surface area contributed by atoms with E-state index in [9.17, 15) is 9.18 Å². The van der Waals surface area contributed by atoms with Crippen LogP contribution in [-0.2, 0) is 0 Å². The molecule has 0 aliphatic carbocycles. The van der Waals surface area contributed by atoms with E-state index >= 15 is 0 Å². The van der Waals surface area contributed by atoms with Gasteiger partial charge in [-0.05, 0) is 30.7 Å². The summed E-state index contributed by atoms with van der Waals surface area (Å²) in [5, 5.41) is 8.68. The minimum Gasteiger partial charge on any atom is -0.477 e. The highest BCUT2D eigenvalue weighted by Crippen LogP contribution is 2.25. The number of pyridine rings is 1. The average Bonchev–Trinajstić information content (AvgIpc) is 2.36. The molecule has 0 unspecified atom stereocenters. The van der Waals surface area contributed by atoms with Crippen LogP contribution in [0, 0.1) is 12.7 Å². The molecule has 0 aliphatic heterocycles. The highest BCUT2D eigenvalue weighted by atomic mass is 19.1. The third kappa shape index (κ3) is 2.45. The van der Waals surface area contributed by atoms with E-state index in [4.69, 9.17) is 9.84 Å². The predicted molar refractivity (Wildman–Crippen MR) is 62.4 cm³/mol. The normalized spacial score (nSPS) is 10.1. The monoisotopic (exact) mass is 247 g/mol. The highest BCUT2D eigenvalue weighted by Gasteiger charge is 2.08. The maximum absolute atomic E-state index is 13.7. The second kappa shape index (κ2) is 4.83. The van der Waals surface area contributed by atoms with E-state index in [1.807, 2.05) is 0 Å². The molecule has 0 saturated carbocycles. The molecule has 1 heterocycles. The van der Waals surface area contributed by atoms with E-state index in [1.54, 1.807) is 19.1 Å². The summed E-state index contributed by atoms with van der Waals surface area (Å²) in [4.78, 5) is 14.3. The summed E-state index contributed by atoms with van der Waals surface area (Å²) in [5.41, 5.74) is 0.384. The van der Waals surface area contributed by atoms with E-state index in [2.05, 4.69) is 4.98 Å². The number of aromatic carboxylic acids is 1. The Labute approximate surface area is 103 Å². The number of carboxylic acids is 1. The van der Waals surface area contributed by atoms with Crippen LogP contribution >= 0.6 is 0 Å². The van der Waals surface area contributed by atoms with Gasteiger partial charge in [0.1, 0.15) is 11.4 Å². The molecule has 0 saturated heterocycles. The second-order valence-corrected chi connectivity index (χ2v) is 3.67. The fraction of sp³-hybridized carbons (Fsp3) is 0.0769. The number of carboxylic acid groups (broad SMARTS) is 1. The van der Waals surface area contributed by atoms with E-state index in [-0.39, 0.29) is 17.2 Å². The van der Waals surface area contributed by atoms with Crippen LogP contribution in [0.4, 0.5) is 4.39 Å². The number of aryl methyl sites for hydroxylation is 1. The summed E-state index contributed by atoms with van der Waals surface area (Å²) in [7, 11) is 0. The molecule has 0 spiro atoms. The van der Waals surface area contributed by atoms with Crippen molar-refractivity contribution in [3.8, 4) is 11.5 Å². The van der Waals surface area contributed by atoms with Gasteiger partial charge in [0.2, 0.25) is 0 Å². The fourth-order valence-corrected chi connectivity index (χ4v) is 1.39. The van der Waals surface area contributed by atoms with Gasteiger partial charge in [0.05, 0.1) is 6.20 Å². The Morgan fingerprint density at radius 2 is 2.11 bits per heavy atom. The summed E-state index contributed by atoms with van der Waals surface area (Å²) in [5.74, 6) is -1.20. The second-order valence-electron chi connectivity index (χ2n) is 3.67. The number of hydrogen-bond acceptors (Lipinski definition) is 3. The van der Waals surface area contributed by atoms with Gasteiger partial charge in [-0.3, -0.25) is 0 Å². The van der Waals surface area contributed by atoms with Crippen LogP contribution in [0.5, 0.6) is 11.5 Å². The van der Waals surface area contributed by atoms with E-state index < -0.39 is 11.8 Å². The first kappa shape index (κ1) is 12.0. The summed E-state index contributed by atoms with van der Waals surface area (Å²) < 4.78 is 18.9. The molecule has 0 bridgehead atoms. The number of carbonyl (C=O) groups is 1. The molecule has 18 heavy (non-hydrogen) atoms. The molecule has 1 aromatic heterocycles. The molecular formula is C13H10FNO3. The van der Waals surface area contributed by atoms with Crippen molar-refractivity contribution in [2.75, 3.05) is 0 Å². The van der Waals surface area contributed by atoms with E-state index in [0.717, 1.165) is 0 Å². The standard InChI is InChI=1S/C13H10FNO3/c1-8-3-2-4-11(12(8)14)18-9-5-6-10(13(16)17)15-7-9/h2-7H,1H3,(H,16,17). The number of benzene rings is 1. The van der Waals surface area contributed by atoms with Gasteiger partial charge in [0.25, 0.3) is 0 Å². The Kier molecular flexibility index (Phi) is 3.23. The van der Waals surface area contributed by atoms with Gasteiger partial charge in [-0.15, -0.1) is 0 Å². The number of nitrogens with zero attached hydrogens (tertiary/aromatic N) is 1. The lowest BCUT2D eigenvalue weighted by Gasteiger charge is -2.07. The molecule has 0 fully saturated rings. The minimum absolute atomic E-state index is 0.0832. The summed E-state index contributed by atoms with van der Waals surface area (Å²) >= 11 is 0. The molecule has 2 aromatic rings. The summed E-state index contributed by atoms with van der Waals surface area (Å²) in [6, 6.07) is 7.53. The zero-order chi connectivity index (χ0) is 13.1. The van der Waals surface area contributed by atoms with Gasteiger partial charge >= 0.3 is 5.97 Å². The SMILES string of the molecule is Cc1cccc(Oc2ccc(C(=O)O)nc2)c1F. The van der Waals surface area contributed by atoms with Crippen LogP contribution in [0.1, 0.15) is 16.1 Å². The number of ether oxygens (including phenoxy) is 1. The van der Waals surface area contributed by atoms with Gasteiger partial charge in [-0.25, -0.2) is 14.2 Å². The molecule has 0 atom stereocenters. The third-order valence-corrected chi connectivity index (χ3v) is 2.34. The lowest BCUT2D eigenvalue weighted by atomic mass is 10.2. The number of rotatable bonds is 3. The van der Waals surface area contributed by atoms with Crippen LogP contribution in [0.3, 0.4) is 0 Å². The Balaban J connectivity index is 2.24. The van der Waals surface area contributed by atoms with Crippen LogP contribution in [0.2, 0.25) is 0 Å². The summed E-state index contributed by atoms with van der Waals surface area (Å²) in [6.07, 6.45) is 1.24. The van der Waals surface area contributed by atoms with E-state index in [1.165, 1.54) is 24.4 Å². The Morgan fingerprint density at radius 3 is 2.72 bits per heavy atom. The van der Waals surface area contributed by atoms with Crippen LogP contribution in [0.25, 0.3) is 0 Å². The summed E-state index contributed by atoms with van der Waals surface area (Å²) in [6.45, 7) is 1.63. The molecule has 0 amide bonds. The van der Waals surface area contributed by atoms with Crippen molar-refractivity contribution in [2.24, 2.45) is 0 Å². The first-order valence-corrected chi connectivity index (χ1v) is 5.20. The van der Waals surface area contributed by atoms with Crippen LogP contribution < -0.4 is 4.74 Å². The zero-order valence-corrected chi connectivity index (χ0v) is 9.55. The molecular weight excluding hydrogens is 237 g/mol. The highest BCUT2D eigenvalue weighted by molar-refractivity contribution is 5.85. The van der Waals surface area contributed by atoms with Gasteiger partial charge in [0, 0.05) is 0 Å². The van der Waals surface area contributed by atoms with Crippen molar-refractivity contribution in [2.45, 2.75) is 6.92 Å². The first-order valence-electron chi connectivity index (χ1n) is 5.20. The van der Waals surface area contributed by atoms with Crippen LogP contribution in [-0.4, -0.2) is 16.1 Å². The van der Waals surface area contributed by atoms with Crippen molar-refractivity contribution in [1.82, 2.24) is 4.98 Å². The lowest BCUT2D eigenvalue weighted by molar-refractivity contribution is 0.0690. The first-order chi connectivity index (χ1) is 8.58.